The van der Waals surface area contributed by atoms with Crippen LogP contribution in [0.25, 0.3) is 11.4 Å². The van der Waals surface area contributed by atoms with Crippen molar-refractivity contribution in [3.63, 3.8) is 0 Å². The van der Waals surface area contributed by atoms with Gasteiger partial charge in [-0.2, -0.15) is 0 Å². The number of halogens is 1. The van der Waals surface area contributed by atoms with Crippen LogP contribution in [-0.2, 0) is 4.79 Å². The van der Waals surface area contributed by atoms with Gasteiger partial charge in [0.1, 0.15) is 12.4 Å². The van der Waals surface area contributed by atoms with Gasteiger partial charge in [0.2, 0.25) is 11.1 Å². The number of rotatable bonds is 8. The minimum absolute atomic E-state index is 0.134. The maximum absolute atomic E-state index is 12.0. The van der Waals surface area contributed by atoms with Crippen LogP contribution in [0, 0.1) is 6.92 Å². The lowest BCUT2D eigenvalue weighted by atomic mass is 10.1. The third-order valence-electron chi connectivity index (χ3n) is 3.89. The van der Waals surface area contributed by atoms with E-state index in [-0.39, 0.29) is 11.7 Å². The second-order valence-electron chi connectivity index (χ2n) is 5.93. The molecule has 0 unspecified atom stereocenters. The first-order valence-electron chi connectivity index (χ1n) is 8.59. The molecule has 0 aliphatic carbocycles. The van der Waals surface area contributed by atoms with Crippen molar-refractivity contribution in [3.8, 4) is 17.1 Å². The summed E-state index contributed by atoms with van der Waals surface area (Å²) in [5.74, 6) is 7.42. The average Bonchev–Trinajstić information content (AvgIpc) is 3.06. The lowest BCUT2D eigenvalue weighted by Gasteiger charge is -2.08. The summed E-state index contributed by atoms with van der Waals surface area (Å²) in [4.78, 5) is 12.0. The summed E-state index contributed by atoms with van der Waals surface area (Å²) >= 11 is 7.05. The van der Waals surface area contributed by atoms with Gasteiger partial charge in [-0.05, 0) is 36.8 Å². The van der Waals surface area contributed by atoms with E-state index in [4.69, 9.17) is 22.2 Å². The monoisotopic (exact) mass is 417 g/mol. The number of nitrogens with two attached hydrogens (primary N) is 1. The zero-order valence-electron chi connectivity index (χ0n) is 15.3. The maximum atomic E-state index is 12.0. The van der Waals surface area contributed by atoms with Gasteiger partial charge >= 0.3 is 0 Å². The van der Waals surface area contributed by atoms with E-state index in [0.717, 1.165) is 11.1 Å². The van der Waals surface area contributed by atoms with E-state index in [1.165, 1.54) is 16.4 Å². The van der Waals surface area contributed by atoms with E-state index in [0.29, 0.717) is 34.9 Å². The van der Waals surface area contributed by atoms with Gasteiger partial charge < -0.3 is 15.9 Å². The number of amides is 1. The van der Waals surface area contributed by atoms with E-state index in [1.807, 2.05) is 31.2 Å². The van der Waals surface area contributed by atoms with Gasteiger partial charge in [0.05, 0.1) is 12.3 Å². The number of ether oxygens (including phenoxy) is 1. The predicted octanol–water partition coefficient (Wildman–Crippen LogP) is 2.91. The molecule has 0 fully saturated rings. The molecule has 0 atom stereocenters. The fourth-order valence-electron chi connectivity index (χ4n) is 2.45. The Labute approximate surface area is 172 Å². The minimum atomic E-state index is -0.134. The molecule has 3 rings (SSSR count). The molecule has 0 aliphatic heterocycles. The number of hydrogen-bond acceptors (Lipinski definition) is 6. The fourth-order valence-corrected chi connectivity index (χ4v) is 3.27. The number of nitrogens with zero attached hydrogens (tertiary/aromatic N) is 3. The first kappa shape index (κ1) is 20.0. The first-order valence-corrected chi connectivity index (χ1v) is 9.95. The highest BCUT2D eigenvalue weighted by Crippen LogP contribution is 2.23. The number of aryl methyl sites for hydroxylation is 1. The quantitative estimate of drug-likeness (QED) is 0.332. The van der Waals surface area contributed by atoms with Crippen molar-refractivity contribution in [1.29, 1.82) is 0 Å². The van der Waals surface area contributed by atoms with Gasteiger partial charge in [0, 0.05) is 10.6 Å². The van der Waals surface area contributed by atoms with E-state index >= 15 is 0 Å². The Balaban J connectivity index is 1.45. The highest BCUT2D eigenvalue weighted by Gasteiger charge is 2.14. The molecular weight excluding hydrogens is 398 g/mol. The molecule has 28 heavy (non-hydrogen) atoms. The number of nitrogens with one attached hydrogen (secondary N) is 1. The van der Waals surface area contributed by atoms with Gasteiger partial charge in [0.25, 0.3) is 0 Å². The number of thioether (sulfide) groups is 1. The van der Waals surface area contributed by atoms with Crippen LogP contribution in [0.15, 0.2) is 53.7 Å². The third-order valence-corrected chi connectivity index (χ3v) is 5.08. The number of carbonyl (C=O) groups is 1. The summed E-state index contributed by atoms with van der Waals surface area (Å²) in [6.07, 6.45) is 0. The molecule has 0 saturated heterocycles. The summed E-state index contributed by atoms with van der Waals surface area (Å²) in [6, 6.07) is 14.8. The van der Waals surface area contributed by atoms with Crippen molar-refractivity contribution in [2.75, 3.05) is 24.7 Å². The molecule has 0 aliphatic rings. The van der Waals surface area contributed by atoms with Crippen LogP contribution in [0.5, 0.6) is 5.75 Å². The van der Waals surface area contributed by atoms with E-state index in [1.54, 1.807) is 24.3 Å². The van der Waals surface area contributed by atoms with Crippen molar-refractivity contribution < 1.29 is 9.53 Å². The number of benzene rings is 2. The Morgan fingerprint density at radius 1 is 1.21 bits per heavy atom. The molecule has 0 spiro atoms. The normalized spacial score (nSPS) is 10.6. The number of hydrogen-bond donors (Lipinski definition) is 2. The maximum Gasteiger partial charge on any atom is 0.230 e. The molecule has 3 aromatic rings. The fraction of sp³-hybridized carbons (Fsp3) is 0.211. The highest BCUT2D eigenvalue weighted by molar-refractivity contribution is 7.99. The van der Waals surface area contributed by atoms with Crippen LogP contribution in [0.2, 0.25) is 5.02 Å². The minimum Gasteiger partial charge on any atom is -0.492 e. The van der Waals surface area contributed by atoms with Crippen molar-refractivity contribution in [3.05, 3.63) is 59.1 Å². The molecule has 9 heteroatoms. The number of aromatic nitrogens is 3. The molecule has 0 saturated carbocycles. The molecule has 0 bridgehead atoms. The van der Waals surface area contributed by atoms with Crippen LogP contribution in [-0.4, -0.2) is 39.7 Å². The summed E-state index contributed by atoms with van der Waals surface area (Å²) in [6.45, 7) is 2.74. The molecule has 2 aromatic carbocycles. The molecule has 1 aromatic heterocycles. The van der Waals surface area contributed by atoms with Crippen molar-refractivity contribution in [1.82, 2.24) is 20.2 Å². The highest BCUT2D eigenvalue weighted by atomic mass is 35.5. The summed E-state index contributed by atoms with van der Waals surface area (Å²) < 4.78 is 6.94. The van der Waals surface area contributed by atoms with Gasteiger partial charge in [0.15, 0.2) is 5.82 Å². The summed E-state index contributed by atoms with van der Waals surface area (Å²) in [5.41, 5.74) is 1.96. The van der Waals surface area contributed by atoms with Crippen molar-refractivity contribution in [2.24, 2.45) is 0 Å². The Hall–Kier alpha value is -2.71. The van der Waals surface area contributed by atoms with Crippen LogP contribution < -0.4 is 15.9 Å². The molecule has 1 amide bonds. The van der Waals surface area contributed by atoms with Crippen molar-refractivity contribution >= 4 is 29.3 Å². The molecule has 3 N–H and O–H groups in total. The number of carbonyl (C=O) groups excluding carboxylic acids is 1. The average molecular weight is 418 g/mol. The Morgan fingerprint density at radius 3 is 2.71 bits per heavy atom. The van der Waals surface area contributed by atoms with Gasteiger partial charge in [-0.3, -0.25) is 4.79 Å². The van der Waals surface area contributed by atoms with Crippen LogP contribution in [0.4, 0.5) is 0 Å². The zero-order valence-corrected chi connectivity index (χ0v) is 16.8. The largest absolute Gasteiger partial charge is 0.492 e. The van der Waals surface area contributed by atoms with Crippen molar-refractivity contribution in [2.45, 2.75) is 12.1 Å². The molecule has 146 valence electrons. The SMILES string of the molecule is Cc1ccccc1-c1nnc(SCC(=O)NCCOc2ccc(Cl)cc2)n1N. The van der Waals surface area contributed by atoms with Crippen LogP contribution in [0.1, 0.15) is 5.56 Å². The van der Waals surface area contributed by atoms with Crippen LogP contribution in [0.3, 0.4) is 0 Å². The molecule has 7 nitrogen and oxygen atoms in total. The van der Waals surface area contributed by atoms with Gasteiger partial charge in [-0.1, -0.05) is 47.6 Å². The van der Waals surface area contributed by atoms with Gasteiger partial charge in [-0.25, -0.2) is 4.68 Å². The first-order chi connectivity index (χ1) is 13.5. The third kappa shape index (κ3) is 5.17. The zero-order chi connectivity index (χ0) is 19.9. The van der Waals surface area contributed by atoms with E-state index in [9.17, 15) is 4.79 Å². The predicted molar refractivity (Wildman–Crippen MR) is 111 cm³/mol. The lowest BCUT2D eigenvalue weighted by molar-refractivity contribution is -0.118. The Kier molecular flexibility index (Phi) is 6.78. The molecule has 0 radical (unpaired) electrons. The van der Waals surface area contributed by atoms with E-state index < -0.39 is 0 Å². The number of nitrogen functional groups attached to an aromatic ring is 1. The summed E-state index contributed by atoms with van der Waals surface area (Å²) in [5, 5.41) is 12.1. The van der Waals surface area contributed by atoms with Gasteiger partial charge in [-0.15, -0.1) is 10.2 Å². The van der Waals surface area contributed by atoms with Crippen LogP contribution >= 0.6 is 23.4 Å². The topological polar surface area (TPSA) is 95.1 Å². The van der Waals surface area contributed by atoms with E-state index in [2.05, 4.69) is 15.5 Å². The molecular formula is C19H20ClN5O2S. The summed E-state index contributed by atoms with van der Waals surface area (Å²) in [7, 11) is 0. The lowest BCUT2D eigenvalue weighted by Crippen LogP contribution is -2.29. The Bertz CT molecular complexity index is 946. The Morgan fingerprint density at radius 2 is 1.96 bits per heavy atom. The molecule has 1 heterocycles. The standard InChI is InChI=1S/C19H20ClN5O2S/c1-13-4-2-3-5-16(13)18-23-24-19(25(18)21)28-12-17(26)22-10-11-27-15-8-6-14(20)7-9-15/h2-9H,10-12,21H2,1H3,(H,22,26). The smallest absolute Gasteiger partial charge is 0.230 e. The second-order valence-corrected chi connectivity index (χ2v) is 7.31. The second kappa shape index (κ2) is 9.48.